The molecule has 3 rings (SSSR count). The van der Waals surface area contributed by atoms with Crippen molar-refractivity contribution in [1.29, 1.82) is 0 Å². The third-order valence-electron chi connectivity index (χ3n) is 4.67. The van der Waals surface area contributed by atoms with Crippen LogP contribution >= 0.6 is 0 Å². The van der Waals surface area contributed by atoms with Crippen molar-refractivity contribution < 1.29 is 24.2 Å². The number of para-hydroxylation sites is 1. The number of carbonyl (C=O) groups excluding carboxylic acids is 2. The summed E-state index contributed by atoms with van der Waals surface area (Å²) in [6.45, 7) is 2.29. The van der Waals surface area contributed by atoms with Crippen molar-refractivity contribution >= 4 is 23.5 Å². The molecule has 28 heavy (non-hydrogen) atoms. The first-order valence-electron chi connectivity index (χ1n) is 9.13. The summed E-state index contributed by atoms with van der Waals surface area (Å²) in [5.74, 6) is -1.17. The predicted molar refractivity (Wildman–Crippen MR) is 103 cm³/mol. The van der Waals surface area contributed by atoms with Gasteiger partial charge < -0.3 is 19.6 Å². The highest BCUT2D eigenvalue weighted by atomic mass is 16.5. The molecule has 7 heteroatoms. The topological polar surface area (TPSA) is 87.2 Å². The highest BCUT2D eigenvalue weighted by molar-refractivity contribution is 6.04. The third kappa shape index (κ3) is 4.14. The molecule has 0 aliphatic carbocycles. The van der Waals surface area contributed by atoms with Crippen molar-refractivity contribution in [1.82, 2.24) is 4.90 Å². The van der Waals surface area contributed by atoms with Crippen LogP contribution in [0.1, 0.15) is 23.7 Å². The fourth-order valence-electron chi connectivity index (χ4n) is 3.35. The van der Waals surface area contributed by atoms with E-state index in [-0.39, 0.29) is 11.8 Å². The molecule has 0 radical (unpaired) electrons. The quantitative estimate of drug-likeness (QED) is 0.795. The molecule has 0 saturated carbocycles. The van der Waals surface area contributed by atoms with Gasteiger partial charge >= 0.3 is 5.97 Å². The number of hydrogen-bond acceptors (Lipinski definition) is 4. The lowest BCUT2D eigenvalue weighted by Gasteiger charge is -2.27. The minimum absolute atomic E-state index is 0.0975. The monoisotopic (exact) mass is 382 g/mol. The van der Waals surface area contributed by atoms with Gasteiger partial charge in [-0.05, 0) is 43.7 Å². The van der Waals surface area contributed by atoms with Gasteiger partial charge in [0.15, 0.2) is 6.61 Å². The van der Waals surface area contributed by atoms with E-state index in [0.29, 0.717) is 30.8 Å². The van der Waals surface area contributed by atoms with Gasteiger partial charge in [0.05, 0.1) is 0 Å². The zero-order chi connectivity index (χ0) is 20.1. The largest absolute Gasteiger partial charge is 0.482 e. The minimum atomic E-state index is -1.09. The average Bonchev–Trinajstić information content (AvgIpc) is 3.09. The summed E-state index contributed by atoms with van der Waals surface area (Å²) in [6, 6.07) is 15.2. The molecule has 7 nitrogen and oxygen atoms in total. The molecule has 1 heterocycles. The van der Waals surface area contributed by atoms with Crippen LogP contribution in [0.3, 0.4) is 0 Å². The van der Waals surface area contributed by atoms with Gasteiger partial charge in [-0.1, -0.05) is 24.3 Å². The summed E-state index contributed by atoms with van der Waals surface area (Å²) in [5.41, 5.74) is 1.18. The van der Waals surface area contributed by atoms with E-state index in [0.717, 1.165) is 5.69 Å². The summed E-state index contributed by atoms with van der Waals surface area (Å²) < 4.78 is 5.15. The number of nitrogens with zero attached hydrogens (tertiary/aromatic N) is 2. The minimum Gasteiger partial charge on any atom is -0.482 e. The molecule has 1 aliphatic heterocycles. The molecular formula is C21H22N2O5. The van der Waals surface area contributed by atoms with E-state index in [2.05, 4.69) is 0 Å². The Hall–Kier alpha value is -3.35. The summed E-state index contributed by atoms with van der Waals surface area (Å²) in [5, 5.41) is 8.73. The zero-order valence-electron chi connectivity index (χ0n) is 15.6. The highest BCUT2D eigenvalue weighted by Gasteiger charge is 2.38. The zero-order valence-corrected chi connectivity index (χ0v) is 15.6. The number of carbonyl (C=O) groups is 3. The molecule has 2 aromatic rings. The summed E-state index contributed by atoms with van der Waals surface area (Å²) in [4.78, 5) is 39.9. The Morgan fingerprint density at radius 2 is 1.93 bits per heavy atom. The molecule has 0 spiro atoms. The van der Waals surface area contributed by atoms with Crippen LogP contribution in [0.15, 0.2) is 54.6 Å². The highest BCUT2D eigenvalue weighted by Crippen LogP contribution is 2.25. The van der Waals surface area contributed by atoms with E-state index in [9.17, 15) is 14.4 Å². The van der Waals surface area contributed by atoms with E-state index < -0.39 is 18.6 Å². The normalized spacial score (nSPS) is 16.1. The summed E-state index contributed by atoms with van der Waals surface area (Å²) in [6.07, 6.45) is 0.558. The van der Waals surface area contributed by atoms with E-state index >= 15 is 0 Å². The lowest BCUT2D eigenvalue weighted by molar-refractivity contribution is -0.139. The molecule has 1 atom stereocenters. The van der Waals surface area contributed by atoms with Gasteiger partial charge in [-0.15, -0.1) is 0 Å². The second kappa shape index (κ2) is 8.56. The number of likely N-dealkylation sites (N-methyl/N-ethyl adjacent to an activating group) is 1. The Labute approximate surface area is 163 Å². The maximum Gasteiger partial charge on any atom is 0.341 e. The number of anilines is 1. The van der Waals surface area contributed by atoms with Crippen LogP contribution in [-0.4, -0.2) is 53.5 Å². The van der Waals surface area contributed by atoms with Crippen LogP contribution in [0.4, 0.5) is 5.69 Å². The number of hydrogen-bond donors (Lipinski definition) is 1. The smallest absolute Gasteiger partial charge is 0.341 e. The molecule has 2 aromatic carbocycles. The van der Waals surface area contributed by atoms with E-state index in [1.807, 2.05) is 37.3 Å². The Kier molecular flexibility index (Phi) is 5.93. The second-order valence-corrected chi connectivity index (χ2v) is 6.43. The summed E-state index contributed by atoms with van der Waals surface area (Å²) >= 11 is 0. The molecule has 1 aliphatic rings. The van der Waals surface area contributed by atoms with Crippen LogP contribution in [0.2, 0.25) is 0 Å². The van der Waals surface area contributed by atoms with E-state index in [4.69, 9.17) is 9.84 Å². The first-order valence-corrected chi connectivity index (χ1v) is 9.13. The molecule has 1 saturated heterocycles. The maximum absolute atomic E-state index is 13.0. The predicted octanol–water partition coefficient (Wildman–Crippen LogP) is 2.42. The van der Waals surface area contributed by atoms with Crippen molar-refractivity contribution in [3.63, 3.8) is 0 Å². The first kappa shape index (κ1) is 19.4. The van der Waals surface area contributed by atoms with Gasteiger partial charge in [0.1, 0.15) is 11.8 Å². The van der Waals surface area contributed by atoms with Crippen molar-refractivity contribution in [3.8, 4) is 5.75 Å². The van der Waals surface area contributed by atoms with Gasteiger partial charge in [-0.3, -0.25) is 9.59 Å². The second-order valence-electron chi connectivity index (χ2n) is 6.43. The number of aliphatic carboxylic acids is 1. The van der Waals surface area contributed by atoms with Crippen molar-refractivity contribution in [3.05, 3.63) is 60.2 Å². The van der Waals surface area contributed by atoms with Gasteiger partial charge in [-0.25, -0.2) is 4.79 Å². The first-order chi connectivity index (χ1) is 13.5. The number of rotatable bonds is 7. The lowest BCUT2D eigenvalue weighted by Crippen LogP contribution is -2.45. The third-order valence-corrected chi connectivity index (χ3v) is 4.67. The fourth-order valence-corrected chi connectivity index (χ4v) is 3.35. The Morgan fingerprint density at radius 3 is 2.61 bits per heavy atom. The molecule has 2 amide bonds. The number of carboxylic acid groups (broad SMARTS) is 1. The standard InChI is InChI=1S/C21H22N2O5/c1-2-22(18-11-12-23(21(18)27)16-8-4-3-5-9-16)20(26)15-7-6-10-17(13-15)28-14-19(24)25/h3-10,13,18H,2,11-12,14H2,1H3,(H,24,25). The van der Waals surface area contributed by atoms with Crippen molar-refractivity contribution in [2.24, 2.45) is 0 Å². The van der Waals surface area contributed by atoms with Crippen LogP contribution in [0.25, 0.3) is 0 Å². The molecular weight excluding hydrogens is 360 g/mol. The van der Waals surface area contributed by atoms with Crippen LogP contribution < -0.4 is 9.64 Å². The number of ether oxygens (including phenoxy) is 1. The van der Waals surface area contributed by atoms with Gasteiger partial charge in [-0.2, -0.15) is 0 Å². The number of amides is 2. The van der Waals surface area contributed by atoms with Crippen LogP contribution in [0.5, 0.6) is 5.75 Å². The van der Waals surface area contributed by atoms with Crippen LogP contribution in [0, 0.1) is 0 Å². The number of carboxylic acids is 1. The van der Waals surface area contributed by atoms with Gasteiger partial charge in [0.2, 0.25) is 5.91 Å². The van der Waals surface area contributed by atoms with E-state index in [1.165, 1.54) is 6.07 Å². The molecule has 0 bridgehead atoms. The Morgan fingerprint density at radius 1 is 1.18 bits per heavy atom. The average molecular weight is 382 g/mol. The molecule has 146 valence electrons. The maximum atomic E-state index is 13.0. The molecule has 1 N–H and O–H groups in total. The molecule has 0 aromatic heterocycles. The Balaban J connectivity index is 1.76. The van der Waals surface area contributed by atoms with Crippen molar-refractivity contribution in [2.75, 3.05) is 24.6 Å². The van der Waals surface area contributed by atoms with Gasteiger partial charge in [0, 0.05) is 24.3 Å². The fraction of sp³-hybridized carbons (Fsp3) is 0.286. The Bertz CT molecular complexity index is 868. The SMILES string of the molecule is CCN(C(=O)c1cccc(OCC(=O)O)c1)C1CCN(c2ccccc2)C1=O. The van der Waals surface area contributed by atoms with E-state index in [1.54, 1.807) is 28.0 Å². The number of benzene rings is 2. The van der Waals surface area contributed by atoms with Crippen LogP contribution in [-0.2, 0) is 9.59 Å². The summed E-state index contributed by atoms with van der Waals surface area (Å²) in [7, 11) is 0. The molecule has 1 unspecified atom stereocenters. The van der Waals surface area contributed by atoms with Gasteiger partial charge in [0.25, 0.3) is 5.91 Å². The van der Waals surface area contributed by atoms with Crippen molar-refractivity contribution in [2.45, 2.75) is 19.4 Å². The lowest BCUT2D eigenvalue weighted by atomic mass is 10.1. The molecule has 1 fully saturated rings.